The van der Waals surface area contributed by atoms with Crippen LogP contribution in [0.15, 0.2) is 39.8 Å². The normalized spacial score (nSPS) is 28.4. The molecule has 1 aromatic carbocycles. The van der Waals surface area contributed by atoms with E-state index >= 15 is 0 Å². The molecule has 2 amide bonds. The standard InChI is InChI=1S/C28H37N3O5S/c1-16(2)37-23-22(24(32)30-21-18-10-17-11-19(21)14-28(34,12-17)13-18)36-31-25(23)35-15-27(3,4)26(33)29-20-8-6-5-7-9-20/h5-9,16-19,21,34H,10-15H2,1-4H3,(H,29,33)(H,30,32). The van der Waals surface area contributed by atoms with Crippen molar-refractivity contribution in [1.29, 1.82) is 0 Å². The lowest BCUT2D eigenvalue weighted by atomic mass is 9.52. The van der Waals surface area contributed by atoms with E-state index in [1.54, 1.807) is 13.8 Å². The third kappa shape index (κ3) is 5.53. The molecule has 0 spiro atoms. The highest BCUT2D eigenvalue weighted by Crippen LogP contribution is 2.55. The SMILES string of the molecule is CC(C)Sc1c(OCC(C)(C)C(=O)Nc2ccccc2)noc1C(=O)NC1C2CC3CC1CC(O)(C3)C2. The average molecular weight is 528 g/mol. The number of aromatic nitrogens is 1. The minimum atomic E-state index is -0.850. The van der Waals surface area contributed by atoms with Gasteiger partial charge in [0.25, 0.3) is 11.8 Å². The van der Waals surface area contributed by atoms with Gasteiger partial charge in [-0.1, -0.05) is 32.0 Å². The van der Waals surface area contributed by atoms with Gasteiger partial charge in [0, 0.05) is 17.0 Å². The first-order valence-corrected chi connectivity index (χ1v) is 14.1. The molecule has 37 heavy (non-hydrogen) atoms. The molecule has 0 radical (unpaired) electrons. The van der Waals surface area contributed by atoms with Gasteiger partial charge in [0.05, 0.1) is 11.0 Å². The van der Waals surface area contributed by atoms with Crippen LogP contribution in [0.2, 0.25) is 0 Å². The molecule has 1 aromatic heterocycles. The number of nitrogens with zero attached hydrogens (tertiary/aromatic N) is 1. The fourth-order valence-electron chi connectivity index (χ4n) is 6.41. The number of ether oxygens (including phenoxy) is 1. The summed E-state index contributed by atoms with van der Waals surface area (Å²) in [6.45, 7) is 7.72. The van der Waals surface area contributed by atoms with Gasteiger partial charge >= 0.3 is 0 Å². The Bertz CT molecular complexity index is 1130. The molecule has 3 N–H and O–H groups in total. The Hall–Kier alpha value is -2.52. The van der Waals surface area contributed by atoms with E-state index in [1.807, 2.05) is 44.2 Å². The number of carbonyl (C=O) groups is 2. The van der Waals surface area contributed by atoms with Gasteiger partial charge in [0.1, 0.15) is 11.5 Å². The van der Waals surface area contributed by atoms with Crippen LogP contribution in [0.1, 0.15) is 70.4 Å². The van der Waals surface area contributed by atoms with Crippen LogP contribution in [0.25, 0.3) is 0 Å². The Balaban J connectivity index is 1.27. The van der Waals surface area contributed by atoms with Crippen molar-refractivity contribution in [2.24, 2.45) is 23.2 Å². The number of amides is 2. The second-order valence-corrected chi connectivity index (χ2v) is 13.6. The lowest BCUT2D eigenvalue weighted by Crippen LogP contribution is -2.61. The van der Waals surface area contributed by atoms with Gasteiger partial charge in [-0.05, 0) is 81.0 Å². The minimum absolute atomic E-state index is 0.0382. The van der Waals surface area contributed by atoms with Gasteiger partial charge in [0.15, 0.2) is 0 Å². The Morgan fingerprint density at radius 3 is 2.49 bits per heavy atom. The Morgan fingerprint density at radius 1 is 1.19 bits per heavy atom. The zero-order valence-corrected chi connectivity index (χ0v) is 22.8. The third-order valence-electron chi connectivity index (χ3n) is 7.93. The summed E-state index contributed by atoms with van der Waals surface area (Å²) in [7, 11) is 0. The van der Waals surface area contributed by atoms with Crippen LogP contribution in [0, 0.1) is 23.2 Å². The molecule has 1 heterocycles. The molecular formula is C28H37N3O5S. The molecule has 4 aliphatic rings. The van der Waals surface area contributed by atoms with Crippen LogP contribution in [0.4, 0.5) is 5.69 Å². The van der Waals surface area contributed by atoms with E-state index in [0.29, 0.717) is 28.3 Å². The average Bonchev–Trinajstić information content (AvgIpc) is 3.21. The summed E-state index contributed by atoms with van der Waals surface area (Å²) in [5, 5.41) is 21.3. The zero-order chi connectivity index (χ0) is 26.4. The summed E-state index contributed by atoms with van der Waals surface area (Å²) in [5.41, 5.74) is -0.685. The molecular weight excluding hydrogens is 490 g/mol. The topological polar surface area (TPSA) is 114 Å². The van der Waals surface area contributed by atoms with Crippen molar-refractivity contribution >= 4 is 29.3 Å². The van der Waals surface area contributed by atoms with Crippen LogP contribution in [0.5, 0.6) is 5.88 Å². The van der Waals surface area contributed by atoms with Crippen LogP contribution in [-0.4, -0.2) is 45.6 Å². The van der Waals surface area contributed by atoms with Gasteiger partial charge in [-0.3, -0.25) is 9.59 Å². The third-order valence-corrected chi connectivity index (χ3v) is 9.00. The number of benzene rings is 1. The summed E-state index contributed by atoms with van der Waals surface area (Å²) >= 11 is 1.46. The highest BCUT2D eigenvalue weighted by atomic mass is 32.2. The van der Waals surface area contributed by atoms with Gasteiger partial charge in [-0.2, -0.15) is 0 Å². The highest BCUT2D eigenvalue weighted by molar-refractivity contribution is 8.00. The number of hydrogen-bond donors (Lipinski definition) is 3. The summed E-state index contributed by atoms with van der Waals surface area (Å²) in [6.07, 6.45) is 4.52. The number of nitrogens with one attached hydrogen (secondary N) is 2. The number of thioether (sulfide) groups is 1. The smallest absolute Gasteiger partial charge is 0.291 e. The van der Waals surface area contributed by atoms with Crippen LogP contribution in [-0.2, 0) is 4.79 Å². The van der Waals surface area contributed by atoms with Crippen LogP contribution < -0.4 is 15.4 Å². The second-order valence-electron chi connectivity index (χ2n) is 12.0. The molecule has 9 heteroatoms. The predicted molar refractivity (Wildman–Crippen MR) is 142 cm³/mol. The molecule has 4 aliphatic carbocycles. The van der Waals surface area contributed by atoms with E-state index < -0.39 is 11.0 Å². The number of rotatable bonds is 9. The van der Waals surface area contributed by atoms with E-state index in [0.717, 1.165) is 32.1 Å². The fraction of sp³-hybridized carbons (Fsp3) is 0.607. The number of aliphatic hydroxyl groups is 1. The molecule has 4 fully saturated rings. The van der Waals surface area contributed by atoms with E-state index in [1.165, 1.54) is 11.8 Å². The summed E-state index contributed by atoms with van der Waals surface area (Å²) < 4.78 is 11.5. The molecule has 0 aliphatic heterocycles. The maximum absolute atomic E-state index is 13.4. The van der Waals surface area contributed by atoms with Crippen molar-refractivity contribution in [3.8, 4) is 5.88 Å². The molecule has 0 saturated heterocycles. The highest BCUT2D eigenvalue weighted by Gasteiger charge is 2.55. The van der Waals surface area contributed by atoms with E-state index in [2.05, 4.69) is 15.8 Å². The molecule has 8 nitrogen and oxygen atoms in total. The van der Waals surface area contributed by atoms with Crippen molar-refractivity contribution in [2.45, 2.75) is 81.6 Å². The monoisotopic (exact) mass is 527 g/mol. The maximum atomic E-state index is 13.4. The van der Waals surface area contributed by atoms with Gasteiger partial charge in [-0.15, -0.1) is 11.8 Å². The Morgan fingerprint density at radius 2 is 1.86 bits per heavy atom. The van der Waals surface area contributed by atoms with Crippen molar-refractivity contribution in [3.63, 3.8) is 0 Å². The lowest BCUT2D eigenvalue weighted by molar-refractivity contribution is -0.137. The van der Waals surface area contributed by atoms with Gasteiger partial charge in [0.2, 0.25) is 11.7 Å². The minimum Gasteiger partial charge on any atom is -0.474 e. The fourth-order valence-corrected chi connectivity index (χ4v) is 7.32. The summed E-state index contributed by atoms with van der Waals surface area (Å²) in [5.74, 6) is 1.05. The largest absolute Gasteiger partial charge is 0.474 e. The van der Waals surface area contributed by atoms with Crippen molar-refractivity contribution in [1.82, 2.24) is 10.5 Å². The molecule has 4 bridgehead atoms. The summed E-state index contributed by atoms with van der Waals surface area (Å²) in [6, 6.07) is 9.32. The lowest BCUT2D eigenvalue weighted by Gasteiger charge is -2.58. The molecule has 2 unspecified atom stereocenters. The van der Waals surface area contributed by atoms with E-state index in [4.69, 9.17) is 9.26 Å². The molecule has 2 atom stereocenters. The first kappa shape index (κ1) is 26.1. The number of carbonyl (C=O) groups excluding carboxylic acids is 2. The van der Waals surface area contributed by atoms with E-state index in [-0.39, 0.29) is 41.4 Å². The number of para-hydroxylation sites is 1. The first-order chi connectivity index (χ1) is 17.5. The maximum Gasteiger partial charge on any atom is 0.291 e. The van der Waals surface area contributed by atoms with E-state index in [9.17, 15) is 14.7 Å². The van der Waals surface area contributed by atoms with Gasteiger partial charge in [-0.25, -0.2) is 0 Å². The number of hydrogen-bond acceptors (Lipinski definition) is 7. The quantitative estimate of drug-likeness (QED) is 0.398. The van der Waals surface area contributed by atoms with Crippen molar-refractivity contribution < 1.29 is 24.0 Å². The van der Waals surface area contributed by atoms with Crippen molar-refractivity contribution in [2.75, 3.05) is 11.9 Å². The zero-order valence-electron chi connectivity index (χ0n) is 22.0. The van der Waals surface area contributed by atoms with Crippen LogP contribution in [0.3, 0.4) is 0 Å². The first-order valence-electron chi connectivity index (χ1n) is 13.2. The Kier molecular flexibility index (Phi) is 7.04. The predicted octanol–water partition coefficient (Wildman–Crippen LogP) is 4.89. The summed E-state index contributed by atoms with van der Waals surface area (Å²) in [4.78, 5) is 26.8. The van der Waals surface area contributed by atoms with Gasteiger partial charge < -0.3 is 25.0 Å². The Labute approximate surface area is 222 Å². The number of anilines is 1. The van der Waals surface area contributed by atoms with Crippen LogP contribution >= 0.6 is 11.8 Å². The molecule has 4 saturated carbocycles. The second kappa shape index (κ2) is 9.98. The molecule has 6 rings (SSSR count). The van der Waals surface area contributed by atoms with Crippen molar-refractivity contribution in [3.05, 3.63) is 36.1 Å². The molecule has 2 aromatic rings. The molecule has 200 valence electrons.